The molecule has 0 bridgehead atoms. The first-order valence-electron chi connectivity index (χ1n) is 6.61. The van der Waals surface area contributed by atoms with Crippen molar-refractivity contribution in [3.05, 3.63) is 12.2 Å². The highest BCUT2D eigenvalue weighted by atomic mass is 16.7. The molecule has 0 spiro atoms. The van der Waals surface area contributed by atoms with E-state index >= 15 is 0 Å². The molecule has 0 unspecified atom stereocenters. The second-order valence-electron chi connectivity index (χ2n) is 4.57. The molecule has 1 aliphatic rings. The average molecular weight is 270 g/mol. The molecule has 1 rings (SSSR count). The third kappa shape index (κ3) is 5.98. The van der Waals surface area contributed by atoms with Crippen LogP contribution in [0.15, 0.2) is 12.2 Å². The molecule has 1 aliphatic heterocycles. The summed E-state index contributed by atoms with van der Waals surface area (Å²) in [5, 5.41) is 0. The lowest BCUT2D eigenvalue weighted by atomic mass is 9.99. The molecule has 0 radical (unpaired) electrons. The lowest BCUT2D eigenvalue weighted by Gasteiger charge is -2.31. The first-order chi connectivity index (χ1) is 9.17. The van der Waals surface area contributed by atoms with Gasteiger partial charge in [-0.25, -0.2) is 0 Å². The molecule has 0 aromatic rings. The molecule has 0 aliphatic carbocycles. The van der Waals surface area contributed by atoms with Crippen molar-refractivity contribution in [3.63, 3.8) is 0 Å². The Hall–Kier alpha value is -1.20. The van der Waals surface area contributed by atoms with E-state index in [9.17, 15) is 9.59 Å². The molecule has 0 aromatic carbocycles. The van der Waals surface area contributed by atoms with E-state index in [1.54, 1.807) is 6.92 Å². The van der Waals surface area contributed by atoms with Gasteiger partial charge < -0.3 is 19.0 Å². The number of hydrogen-bond acceptors (Lipinski definition) is 5. The second kappa shape index (κ2) is 8.82. The van der Waals surface area contributed by atoms with Crippen LogP contribution in [0.2, 0.25) is 0 Å². The van der Waals surface area contributed by atoms with E-state index in [0.29, 0.717) is 13.0 Å². The fraction of sp³-hybridized carbons (Fsp3) is 0.714. The average Bonchev–Trinajstić information content (AvgIpc) is 2.43. The summed E-state index contributed by atoms with van der Waals surface area (Å²) in [6.45, 7) is 2.33. The number of allylic oxidation sites excluding steroid dienone is 2. The molecular formula is C14H22O5. The summed E-state index contributed by atoms with van der Waals surface area (Å²) in [6, 6.07) is 0. The van der Waals surface area contributed by atoms with Crippen LogP contribution in [0.3, 0.4) is 0 Å². The lowest BCUT2D eigenvalue weighted by Crippen LogP contribution is -2.39. The zero-order valence-corrected chi connectivity index (χ0v) is 11.5. The summed E-state index contributed by atoms with van der Waals surface area (Å²) < 4.78 is 15.3. The van der Waals surface area contributed by atoms with Crippen molar-refractivity contribution in [2.45, 2.75) is 45.0 Å². The van der Waals surface area contributed by atoms with Crippen LogP contribution in [0.5, 0.6) is 0 Å². The third-order valence-corrected chi connectivity index (χ3v) is 3.08. The Morgan fingerprint density at radius 1 is 1.42 bits per heavy atom. The van der Waals surface area contributed by atoms with Gasteiger partial charge in [-0.2, -0.15) is 0 Å². The summed E-state index contributed by atoms with van der Waals surface area (Å²) in [4.78, 5) is 21.8. The van der Waals surface area contributed by atoms with Crippen LogP contribution in [0.4, 0.5) is 0 Å². The first kappa shape index (κ1) is 15.9. The molecule has 5 nitrogen and oxygen atoms in total. The Kier molecular flexibility index (Phi) is 7.36. The minimum absolute atomic E-state index is 0.0746. The van der Waals surface area contributed by atoms with Gasteiger partial charge in [0.2, 0.25) is 0 Å². The maximum absolute atomic E-state index is 10.9. The summed E-state index contributed by atoms with van der Waals surface area (Å²) in [5.41, 5.74) is 0. The summed E-state index contributed by atoms with van der Waals surface area (Å²) in [5.74, 6) is -0.108. The van der Waals surface area contributed by atoms with Gasteiger partial charge in [0.25, 0.3) is 0 Å². The molecule has 1 heterocycles. The van der Waals surface area contributed by atoms with Crippen LogP contribution in [-0.4, -0.2) is 38.4 Å². The number of aldehydes is 1. The van der Waals surface area contributed by atoms with Gasteiger partial charge in [-0.15, -0.1) is 0 Å². The van der Waals surface area contributed by atoms with Crippen molar-refractivity contribution in [1.29, 1.82) is 0 Å². The van der Waals surface area contributed by atoms with Crippen molar-refractivity contribution in [1.82, 2.24) is 0 Å². The van der Waals surface area contributed by atoms with Crippen LogP contribution in [-0.2, 0) is 23.8 Å². The Morgan fingerprint density at radius 3 is 2.89 bits per heavy atom. The monoisotopic (exact) mass is 270 g/mol. The highest BCUT2D eigenvalue weighted by Crippen LogP contribution is 2.20. The fourth-order valence-corrected chi connectivity index (χ4v) is 1.93. The molecule has 0 saturated carbocycles. The molecule has 3 atom stereocenters. The molecule has 1 saturated heterocycles. The summed E-state index contributed by atoms with van der Waals surface area (Å²) >= 11 is 0. The minimum atomic E-state index is -0.386. The van der Waals surface area contributed by atoms with Crippen LogP contribution in [0, 0.1) is 5.92 Å². The normalized spacial score (nSPS) is 27.4. The smallest absolute Gasteiger partial charge is 0.305 e. The van der Waals surface area contributed by atoms with Gasteiger partial charge in [0.05, 0.1) is 13.7 Å². The second-order valence-corrected chi connectivity index (χ2v) is 4.57. The number of ether oxygens (including phenoxy) is 3. The molecule has 1 fully saturated rings. The van der Waals surface area contributed by atoms with Gasteiger partial charge in [-0.3, -0.25) is 4.79 Å². The Labute approximate surface area is 113 Å². The van der Waals surface area contributed by atoms with Crippen molar-refractivity contribution >= 4 is 12.3 Å². The summed E-state index contributed by atoms with van der Waals surface area (Å²) in [7, 11) is 1.39. The SMILES string of the molecule is COC(=O)CCC/C=C\C[C@H]1CO[C@@H](C)O[C@H]1C=O. The Balaban J connectivity index is 2.20. The van der Waals surface area contributed by atoms with Crippen LogP contribution < -0.4 is 0 Å². The highest BCUT2D eigenvalue weighted by Gasteiger charge is 2.28. The van der Waals surface area contributed by atoms with Gasteiger partial charge in [0.15, 0.2) is 6.29 Å². The predicted octanol–water partition coefficient (Wildman–Crippen LogP) is 1.85. The van der Waals surface area contributed by atoms with E-state index in [4.69, 9.17) is 9.47 Å². The summed E-state index contributed by atoms with van der Waals surface area (Å²) in [6.07, 6.45) is 6.96. The number of carbonyl (C=O) groups is 2. The molecule has 0 N–H and O–H groups in total. The first-order valence-corrected chi connectivity index (χ1v) is 6.61. The molecule has 0 amide bonds. The minimum Gasteiger partial charge on any atom is -0.469 e. The van der Waals surface area contributed by atoms with Crippen molar-refractivity contribution in [2.75, 3.05) is 13.7 Å². The topological polar surface area (TPSA) is 61.8 Å². The van der Waals surface area contributed by atoms with E-state index in [0.717, 1.165) is 25.5 Å². The van der Waals surface area contributed by atoms with Crippen molar-refractivity contribution in [3.8, 4) is 0 Å². The fourth-order valence-electron chi connectivity index (χ4n) is 1.93. The number of unbranched alkanes of at least 4 members (excludes halogenated alkanes) is 1. The van der Waals surface area contributed by atoms with Gasteiger partial charge >= 0.3 is 5.97 Å². The highest BCUT2D eigenvalue weighted by molar-refractivity contribution is 5.69. The Bertz CT molecular complexity index is 313. The van der Waals surface area contributed by atoms with Crippen molar-refractivity contribution < 1.29 is 23.8 Å². The predicted molar refractivity (Wildman–Crippen MR) is 69.5 cm³/mol. The lowest BCUT2D eigenvalue weighted by molar-refractivity contribution is -0.219. The molecule has 5 heteroatoms. The largest absolute Gasteiger partial charge is 0.469 e. The number of methoxy groups -OCH3 is 1. The quantitative estimate of drug-likeness (QED) is 0.306. The van der Waals surface area contributed by atoms with Crippen LogP contribution in [0.1, 0.15) is 32.6 Å². The van der Waals surface area contributed by atoms with E-state index < -0.39 is 0 Å². The molecular weight excluding hydrogens is 248 g/mol. The number of rotatable bonds is 7. The van der Waals surface area contributed by atoms with Crippen LogP contribution in [0.25, 0.3) is 0 Å². The van der Waals surface area contributed by atoms with Gasteiger partial charge in [-0.1, -0.05) is 12.2 Å². The van der Waals surface area contributed by atoms with Gasteiger partial charge in [-0.05, 0) is 26.2 Å². The molecule has 0 aromatic heterocycles. The van der Waals surface area contributed by atoms with E-state index in [-0.39, 0.29) is 24.3 Å². The van der Waals surface area contributed by atoms with Crippen molar-refractivity contribution in [2.24, 2.45) is 5.92 Å². The number of esters is 1. The van der Waals surface area contributed by atoms with E-state index in [2.05, 4.69) is 4.74 Å². The Morgan fingerprint density at radius 2 is 2.21 bits per heavy atom. The number of hydrogen-bond donors (Lipinski definition) is 0. The van der Waals surface area contributed by atoms with Gasteiger partial charge in [0, 0.05) is 12.3 Å². The number of carbonyl (C=O) groups excluding carboxylic acids is 2. The zero-order valence-electron chi connectivity index (χ0n) is 11.5. The maximum Gasteiger partial charge on any atom is 0.305 e. The zero-order chi connectivity index (χ0) is 14.1. The molecule has 19 heavy (non-hydrogen) atoms. The van der Waals surface area contributed by atoms with E-state index in [1.165, 1.54) is 7.11 Å². The standard InChI is InChI=1S/C14H22O5/c1-11-18-10-12(13(9-15)19-11)7-5-3-4-6-8-14(16)17-2/h3,5,9,11-13H,4,6-8,10H2,1-2H3/b5-3-/t11-,12+,13+/m1/s1. The maximum atomic E-state index is 10.9. The van der Waals surface area contributed by atoms with E-state index in [1.807, 2.05) is 12.2 Å². The third-order valence-electron chi connectivity index (χ3n) is 3.08. The van der Waals surface area contributed by atoms with Crippen LogP contribution >= 0.6 is 0 Å². The van der Waals surface area contributed by atoms with Gasteiger partial charge in [0.1, 0.15) is 12.4 Å². The molecule has 108 valence electrons.